The molecule has 180 valence electrons. The first-order valence-electron chi connectivity index (χ1n) is 12.3. The number of nitrogens with one attached hydrogen (secondary N) is 2. The summed E-state index contributed by atoms with van der Waals surface area (Å²) in [7, 11) is 0. The molecule has 6 heteroatoms. The summed E-state index contributed by atoms with van der Waals surface area (Å²) >= 11 is 0. The van der Waals surface area contributed by atoms with Crippen LogP contribution in [0.15, 0.2) is 65.5 Å². The third-order valence-electron chi connectivity index (χ3n) is 6.72. The second kappa shape index (κ2) is 9.92. The standard InChI is InChI=1S/C29H30FN3O2/c1-3-22(13-14-31-4-2)33-27-12-9-19(16-26(27)32-29(33)34)15-25-23-8-6-5-7-20(23)18-35-28-17-21(30)10-11-24(25)28/h5-12,15-17,22,31H,3-4,13-14,18H2,1-2H3,(H,32,34)/b25-15+. The number of hydrogen-bond acceptors (Lipinski definition) is 3. The van der Waals surface area contributed by atoms with Gasteiger partial charge in [-0.05, 0) is 78.5 Å². The fraction of sp³-hybridized carbons (Fsp3) is 0.276. The topological polar surface area (TPSA) is 59.0 Å². The highest BCUT2D eigenvalue weighted by Crippen LogP contribution is 2.38. The van der Waals surface area contributed by atoms with Gasteiger partial charge < -0.3 is 15.0 Å². The normalized spacial score (nSPS) is 14.9. The van der Waals surface area contributed by atoms with Crippen LogP contribution >= 0.6 is 0 Å². The van der Waals surface area contributed by atoms with Crippen LogP contribution in [-0.2, 0) is 6.61 Å². The number of rotatable bonds is 7. The Kier molecular flexibility index (Phi) is 6.55. The van der Waals surface area contributed by atoms with Crippen molar-refractivity contribution in [2.75, 3.05) is 13.1 Å². The molecule has 2 heterocycles. The Hall–Kier alpha value is -3.64. The summed E-state index contributed by atoms with van der Waals surface area (Å²) < 4.78 is 21.8. The van der Waals surface area contributed by atoms with Gasteiger partial charge in [-0.2, -0.15) is 0 Å². The summed E-state index contributed by atoms with van der Waals surface area (Å²) in [6, 6.07) is 18.9. The maximum atomic E-state index is 14.0. The van der Waals surface area contributed by atoms with Crippen molar-refractivity contribution in [2.45, 2.75) is 39.3 Å². The predicted octanol–water partition coefficient (Wildman–Crippen LogP) is 5.90. The molecule has 1 aromatic heterocycles. The molecule has 1 aliphatic heterocycles. The number of fused-ring (bicyclic) bond motifs is 3. The number of hydrogen-bond donors (Lipinski definition) is 2. The zero-order chi connectivity index (χ0) is 24.4. The van der Waals surface area contributed by atoms with Crippen LogP contribution in [0.5, 0.6) is 5.75 Å². The molecule has 1 atom stereocenters. The van der Waals surface area contributed by atoms with Gasteiger partial charge in [0.2, 0.25) is 0 Å². The zero-order valence-corrected chi connectivity index (χ0v) is 20.1. The molecule has 5 rings (SSSR count). The molecule has 0 saturated heterocycles. The Labute approximate surface area is 204 Å². The average molecular weight is 472 g/mol. The van der Waals surface area contributed by atoms with Crippen molar-refractivity contribution in [3.63, 3.8) is 0 Å². The molecule has 1 unspecified atom stereocenters. The molecule has 0 radical (unpaired) electrons. The van der Waals surface area contributed by atoms with Gasteiger partial charge in [-0.3, -0.25) is 4.57 Å². The van der Waals surface area contributed by atoms with Crippen molar-refractivity contribution in [2.24, 2.45) is 0 Å². The molecule has 3 aromatic carbocycles. The van der Waals surface area contributed by atoms with Crippen molar-refractivity contribution < 1.29 is 9.13 Å². The number of ether oxygens (including phenoxy) is 1. The van der Waals surface area contributed by atoms with E-state index in [1.54, 1.807) is 6.07 Å². The molecule has 35 heavy (non-hydrogen) atoms. The van der Waals surface area contributed by atoms with E-state index in [-0.39, 0.29) is 17.5 Å². The van der Waals surface area contributed by atoms with Gasteiger partial charge in [0.25, 0.3) is 0 Å². The van der Waals surface area contributed by atoms with Crippen LogP contribution in [0.4, 0.5) is 4.39 Å². The van der Waals surface area contributed by atoms with E-state index in [0.29, 0.717) is 12.4 Å². The lowest BCUT2D eigenvalue weighted by molar-refractivity contribution is 0.305. The van der Waals surface area contributed by atoms with Gasteiger partial charge in [0.05, 0.1) is 11.0 Å². The average Bonchev–Trinajstić information content (AvgIpc) is 3.11. The lowest BCUT2D eigenvalue weighted by Gasteiger charge is -2.17. The summed E-state index contributed by atoms with van der Waals surface area (Å²) in [5.41, 5.74) is 6.50. The van der Waals surface area contributed by atoms with Crippen LogP contribution in [0, 0.1) is 5.82 Å². The monoisotopic (exact) mass is 471 g/mol. The highest BCUT2D eigenvalue weighted by molar-refractivity contribution is 5.95. The number of H-pyrrole nitrogens is 1. The minimum absolute atomic E-state index is 0.0813. The van der Waals surface area contributed by atoms with Gasteiger partial charge in [-0.25, -0.2) is 9.18 Å². The SMILES string of the molecule is CCNCCC(CC)n1c(=O)[nH]c2cc(/C=C3\c4ccccc4COc4cc(F)ccc43)ccc21. The van der Waals surface area contributed by atoms with Crippen molar-refractivity contribution in [1.29, 1.82) is 0 Å². The zero-order valence-electron chi connectivity index (χ0n) is 20.1. The fourth-order valence-corrected chi connectivity index (χ4v) is 4.93. The summed E-state index contributed by atoms with van der Waals surface area (Å²) in [6.07, 6.45) is 3.86. The third kappa shape index (κ3) is 4.54. The maximum absolute atomic E-state index is 14.0. The van der Waals surface area contributed by atoms with E-state index in [0.717, 1.165) is 64.8 Å². The largest absolute Gasteiger partial charge is 0.488 e. The summed E-state index contributed by atoms with van der Waals surface area (Å²) in [4.78, 5) is 15.9. The molecule has 0 amide bonds. The van der Waals surface area contributed by atoms with Gasteiger partial charge >= 0.3 is 5.69 Å². The van der Waals surface area contributed by atoms with Crippen LogP contribution in [0.25, 0.3) is 22.7 Å². The Morgan fingerprint density at radius 2 is 1.97 bits per heavy atom. The smallest absolute Gasteiger partial charge is 0.326 e. The number of imidazole rings is 1. The molecule has 2 N–H and O–H groups in total. The molecule has 1 aliphatic rings. The van der Waals surface area contributed by atoms with Gasteiger partial charge in [0.15, 0.2) is 0 Å². The lowest BCUT2D eigenvalue weighted by atomic mass is 9.92. The first-order valence-corrected chi connectivity index (χ1v) is 12.3. The molecule has 0 spiro atoms. The molecule has 0 bridgehead atoms. The van der Waals surface area contributed by atoms with E-state index in [4.69, 9.17) is 4.74 Å². The summed E-state index contributed by atoms with van der Waals surface area (Å²) in [6.45, 7) is 6.38. The van der Waals surface area contributed by atoms with Gasteiger partial charge in [-0.15, -0.1) is 0 Å². The second-order valence-corrected chi connectivity index (χ2v) is 8.93. The van der Waals surface area contributed by atoms with E-state index in [1.807, 2.05) is 41.0 Å². The molecule has 0 saturated carbocycles. The number of halogens is 1. The van der Waals surface area contributed by atoms with Crippen molar-refractivity contribution >= 4 is 22.7 Å². The first kappa shape index (κ1) is 23.1. The quantitative estimate of drug-likeness (QED) is 0.330. The van der Waals surface area contributed by atoms with Crippen molar-refractivity contribution in [3.05, 3.63) is 99.2 Å². The highest BCUT2D eigenvalue weighted by atomic mass is 19.1. The number of aromatic nitrogens is 2. The van der Waals surface area contributed by atoms with Crippen LogP contribution < -0.4 is 15.7 Å². The van der Waals surface area contributed by atoms with Crippen LogP contribution in [-0.4, -0.2) is 22.6 Å². The minimum atomic E-state index is -0.325. The molecule has 5 nitrogen and oxygen atoms in total. The van der Waals surface area contributed by atoms with E-state index >= 15 is 0 Å². The number of nitrogens with zero attached hydrogens (tertiary/aromatic N) is 1. The van der Waals surface area contributed by atoms with Crippen LogP contribution in [0.2, 0.25) is 0 Å². The Morgan fingerprint density at radius 3 is 2.80 bits per heavy atom. The molecular formula is C29H30FN3O2. The maximum Gasteiger partial charge on any atom is 0.326 e. The van der Waals surface area contributed by atoms with E-state index in [9.17, 15) is 9.18 Å². The van der Waals surface area contributed by atoms with E-state index < -0.39 is 0 Å². The summed E-state index contributed by atoms with van der Waals surface area (Å²) in [5.74, 6) is 0.202. The van der Waals surface area contributed by atoms with Crippen LogP contribution in [0.1, 0.15) is 55.0 Å². The van der Waals surface area contributed by atoms with Gasteiger partial charge in [0, 0.05) is 17.7 Å². The first-order chi connectivity index (χ1) is 17.1. The van der Waals surface area contributed by atoms with Gasteiger partial charge in [-0.1, -0.05) is 44.2 Å². The Balaban J connectivity index is 1.60. The molecule has 4 aromatic rings. The van der Waals surface area contributed by atoms with Crippen molar-refractivity contribution in [1.82, 2.24) is 14.9 Å². The Morgan fingerprint density at radius 1 is 1.11 bits per heavy atom. The highest BCUT2D eigenvalue weighted by Gasteiger charge is 2.20. The lowest BCUT2D eigenvalue weighted by Crippen LogP contribution is -2.25. The summed E-state index contributed by atoms with van der Waals surface area (Å²) in [5, 5.41) is 3.35. The van der Waals surface area contributed by atoms with E-state index in [1.165, 1.54) is 12.1 Å². The molecular weight excluding hydrogens is 441 g/mol. The second-order valence-electron chi connectivity index (χ2n) is 8.93. The van der Waals surface area contributed by atoms with E-state index in [2.05, 4.69) is 36.3 Å². The minimum Gasteiger partial charge on any atom is -0.488 e. The molecule has 0 fully saturated rings. The van der Waals surface area contributed by atoms with Gasteiger partial charge in [0.1, 0.15) is 18.2 Å². The predicted molar refractivity (Wildman–Crippen MR) is 139 cm³/mol. The number of benzene rings is 3. The Bertz CT molecular complexity index is 1450. The third-order valence-corrected chi connectivity index (χ3v) is 6.72. The van der Waals surface area contributed by atoms with Crippen molar-refractivity contribution in [3.8, 4) is 5.75 Å². The fourth-order valence-electron chi connectivity index (χ4n) is 4.93. The number of aromatic amines is 1. The van der Waals surface area contributed by atoms with Crippen LogP contribution in [0.3, 0.4) is 0 Å². The molecule has 0 aliphatic carbocycles.